The lowest BCUT2D eigenvalue weighted by atomic mass is 10.1. The Labute approximate surface area is 135 Å². The number of aromatic amines is 1. The lowest BCUT2D eigenvalue weighted by Gasteiger charge is -2.23. The number of piperidine rings is 1. The summed E-state index contributed by atoms with van der Waals surface area (Å²) in [6.45, 7) is 3.72. The molecule has 2 aromatic rings. The molecule has 0 radical (unpaired) electrons. The Morgan fingerprint density at radius 1 is 1.14 bits per heavy atom. The average Bonchev–Trinajstić information content (AvgIpc) is 2.56. The predicted octanol–water partition coefficient (Wildman–Crippen LogP) is 1.60. The molecule has 2 heterocycles. The molecule has 1 aromatic carbocycles. The molecule has 3 rings (SSSR count). The van der Waals surface area contributed by atoms with Crippen LogP contribution in [0.25, 0.3) is 11.3 Å². The van der Waals surface area contributed by atoms with Crippen molar-refractivity contribution in [3.8, 4) is 11.3 Å². The molecule has 1 aliphatic heterocycles. The zero-order valence-electron chi connectivity index (χ0n) is 12.7. The van der Waals surface area contributed by atoms with Gasteiger partial charge in [0.25, 0.3) is 5.56 Å². The maximum absolute atomic E-state index is 11.8. The number of benzene rings is 1. The number of hydrogen-bond donors (Lipinski definition) is 2. The molecule has 5 heteroatoms. The summed E-state index contributed by atoms with van der Waals surface area (Å²) in [5.74, 6) is 0.997. The monoisotopic (exact) mass is 316 g/mol. The van der Waals surface area contributed by atoms with Gasteiger partial charge in [0.15, 0.2) is 5.16 Å². The second kappa shape index (κ2) is 7.61. The van der Waals surface area contributed by atoms with Gasteiger partial charge in [-0.2, -0.15) is 0 Å². The Morgan fingerprint density at radius 3 is 2.68 bits per heavy atom. The maximum Gasteiger partial charge on any atom is 0.252 e. The van der Waals surface area contributed by atoms with Crippen LogP contribution >= 0.6 is 11.8 Å². The molecule has 1 aromatic heterocycles. The molecule has 1 fully saturated rings. The van der Waals surface area contributed by atoms with Crippen LogP contribution in [0.5, 0.6) is 0 Å². The number of likely N-dealkylation sites (tertiary alicyclic amines) is 1. The van der Waals surface area contributed by atoms with Crippen molar-refractivity contribution >= 4 is 11.8 Å². The SMILES string of the molecule is O=c1cc(-c2ccccc2)nc(SCC[NH+]2CCCCC2)[nH]1. The molecule has 4 nitrogen and oxygen atoms in total. The molecule has 0 spiro atoms. The smallest absolute Gasteiger partial charge is 0.252 e. The first-order valence-electron chi connectivity index (χ1n) is 7.94. The lowest BCUT2D eigenvalue weighted by Crippen LogP contribution is -3.13. The number of aromatic nitrogens is 2. The number of quaternary nitrogens is 1. The molecule has 116 valence electrons. The van der Waals surface area contributed by atoms with E-state index in [0.717, 1.165) is 28.7 Å². The van der Waals surface area contributed by atoms with Crippen LogP contribution in [-0.4, -0.2) is 35.4 Å². The van der Waals surface area contributed by atoms with Crippen molar-refractivity contribution in [1.82, 2.24) is 9.97 Å². The zero-order chi connectivity index (χ0) is 15.2. The summed E-state index contributed by atoms with van der Waals surface area (Å²) in [5.41, 5.74) is 1.65. The molecular formula is C17H22N3OS+. The van der Waals surface area contributed by atoms with E-state index in [-0.39, 0.29) is 5.56 Å². The quantitative estimate of drug-likeness (QED) is 0.651. The van der Waals surface area contributed by atoms with Crippen LogP contribution in [0.3, 0.4) is 0 Å². The minimum absolute atomic E-state index is 0.0818. The summed E-state index contributed by atoms with van der Waals surface area (Å²) in [6.07, 6.45) is 4.07. The minimum atomic E-state index is -0.0818. The van der Waals surface area contributed by atoms with E-state index in [0.29, 0.717) is 0 Å². The third kappa shape index (κ3) is 4.21. The van der Waals surface area contributed by atoms with Crippen LogP contribution in [0, 0.1) is 0 Å². The molecule has 0 aliphatic carbocycles. The minimum Gasteiger partial charge on any atom is -0.334 e. The highest BCUT2D eigenvalue weighted by atomic mass is 32.2. The summed E-state index contributed by atoms with van der Waals surface area (Å²) in [4.78, 5) is 20.9. The Balaban J connectivity index is 1.64. The van der Waals surface area contributed by atoms with Crippen molar-refractivity contribution in [2.24, 2.45) is 0 Å². The molecule has 0 amide bonds. The van der Waals surface area contributed by atoms with Gasteiger partial charge in [0.05, 0.1) is 31.1 Å². The highest BCUT2D eigenvalue weighted by Gasteiger charge is 2.13. The van der Waals surface area contributed by atoms with Gasteiger partial charge in [0, 0.05) is 11.6 Å². The van der Waals surface area contributed by atoms with E-state index in [9.17, 15) is 4.79 Å². The van der Waals surface area contributed by atoms with E-state index < -0.39 is 0 Å². The summed E-state index contributed by atoms with van der Waals surface area (Å²) in [5, 5.41) is 0.725. The highest BCUT2D eigenvalue weighted by molar-refractivity contribution is 7.99. The van der Waals surface area contributed by atoms with E-state index in [1.54, 1.807) is 22.7 Å². The number of nitrogens with one attached hydrogen (secondary N) is 2. The zero-order valence-corrected chi connectivity index (χ0v) is 13.5. The largest absolute Gasteiger partial charge is 0.334 e. The van der Waals surface area contributed by atoms with E-state index >= 15 is 0 Å². The van der Waals surface area contributed by atoms with Gasteiger partial charge in [-0.15, -0.1) is 0 Å². The predicted molar refractivity (Wildman–Crippen MR) is 90.4 cm³/mol. The van der Waals surface area contributed by atoms with Crippen LogP contribution in [0.1, 0.15) is 19.3 Å². The highest BCUT2D eigenvalue weighted by Crippen LogP contribution is 2.17. The van der Waals surface area contributed by atoms with E-state index in [1.807, 2.05) is 30.3 Å². The van der Waals surface area contributed by atoms with E-state index in [1.165, 1.54) is 32.4 Å². The summed E-state index contributed by atoms with van der Waals surface area (Å²) in [6, 6.07) is 11.4. The number of H-pyrrole nitrogens is 1. The van der Waals surface area contributed by atoms with Crippen molar-refractivity contribution in [2.75, 3.05) is 25.4 Å². The first-order valence-corrected chi connectivity index (χ1v) is 8.93. The standard InChI is InChI=1S/C17H21N3OS/c21-16-13-15(14-7-3-1-4-8-14)18-17(19-16)22-12-11-20-9-5-2-6-10-20/h1,3-4,7-8,13H,2,5-6,9-12H2,(H,18,19,21)/p+1. The summed E-state index contributed by atoms with van der Waals surface area (Å²) in [7, 11) is 0. The molecule has 0 atom stereocenters. The lowest BCUT2D eigenvalue weighted by molar-refractivity contribution is -0.902. The Hall–Kier alpha value is -1.59. The second-order valence-corrected chi connectivity index (χ2v) is 6.79. The van der Waals surface area contributed by atoms with Crippen molar-refractivity contribution in [3.63, 3.8) is 0 Å². The van der Waals surface area contributed by atoms with Crippen LogP contribution in [-0.2, 0) is 0 Å². The first-order chi connectivity index (χ1) is 10.8. The molecule has 2 N–H and O–H groups in total. The maximum atomic E-state index is 11.8. The Kier molecular flexibility index (Phi) is 5.29. The molecule has 0 saturated carbocycles. The van der Waals surface area contributed by atoms with Crippen LogP contribution in [0.2, 0.25) is 0 Å². The van der Waals surface area contributed by atoms with Crippen molar-refractivity contribution in [3.05, 3.63) is 46.8 Å². The van der Waals surface area contributed by atoms with Gasteiger partial charge in [0.2, 0.25) is 0 Å². The van der Waals surface area contributed by atoms with E-state index in [4.69, 9.17) is 0 Å². The number of hydrogen-bond acceptors (Lipinski definition) is 3. The van der Waals surface area contributed by atoms with Gasteiger partial charge in [0.1, 0.15) is 0 Å². The van der Waals surface area contributed by atoms with Gasteiger partial charge in [-0.05, 0) is 19.3 Å². The third-order valence-electron chi connectivity index (χ3n) is 4.04. The topological polar surface area (TPSA) is 50.2 Å². The van der Waals surface area contributed by atoms with Crippen LogP contribution < -0.4 is 10.5 Å². The van der Waals surface area contributed by atoms with Gasteiger partial charge in [-0.3, -0.25) is 4.79 Å². The van der Waals surface area contributed by atoms with Crippen molar-refractivity contribution in [2.45, 2.75) is 24.4 Å². The van der Waals surface area contributed by atoms with Crippen LogP contribution in [0.15, 0.2) is 46.3 Å². The first kappa shape index (κ1) is 15.3. The normalized spacial score (nSPS) is 15.8. The molecule has 0 bridgehead atoms. The number of thioether (sulfide) groups is 1. The number of rotatable bonds is 5. The summed E-state index contributed by atoms with van der Waals surface area (Å²) < 4.78 is 0. The molecule has 0 unspecified atom stereocenters. The fourth-order valence-corrected chi connectivity index (χ4v) is 3.77. The van der Waals surface area contributed by atoms with E-state index in [2.05, 4.69) is 9.97 Å². The molecule has 22 heavy (non-hydrogen) atoms. The fourth-order valence-electron chi connectivity index (χ4n) is 2.85. The third-order valence-corrected chi connectivity index (χ3v) is 4.92. The van der Waals surface area contributed by atoms with Crippen molar-refractivity contribution in [1.29, 1.82) is 0 Å². The Morgan fingerprint density at radius 2 is 1.91 bits per heavy atom. The van der Waals surface area contributed by atoms with Gasteiger partial charge in [-0.1, -0.05) is 42.1 Å². The van der Waals surface area contributed by atoms with Crippen LogP contribution in [0.4, 0.5) is 0 Å². The second-order valence-electron chi connectivity index (χ2n) is 5.71. The average molecular weight is 316 g/mol. The van der Waals surface area contributed by atoms with Crippen molar-refractivity contribution < 1.29 is 4.90 Å². The Bertz CT molecular complexity index is 650. The number of nitrogens with zero attached hydrogens (tertiary/aromatic N) is 1. The van der Waals surface area contributed by atoms with Gasteiger partial charge < -0.3 is 9.88 Å². The molecular weight excluding hydrogens is 294 g/mol. The molecule has 1 aliphatic rings. The van der Waals surface area contributed by atoms with Gasteiger partial charge >= 0.3 is 0 Å². The van der Waals surface area contributed by atoms with Gasteiger partial charge in [-0.25, -0.2) is 4.98 Å². The fraction of sp³-hybridized carbons (Fsp3) is 0.412. The summed E-state index contributed by atoms with van der Waals surface area (Å²) >= 11 is 1.65. The molecule has 1 saturated heterocycles.